The van der Waals surface area contributed by atoms with Crippen LogP contribution in [0.2, 0.25) is 0 Å². The van der Waals surface area contributed by atoms with Crippen molar-refractivity contribution in [3.05, 3.63) is 0 Å². The van der Waals surface area contributed by atoms with Crippen molar-refractivity contribution in [3.8, 4) is 12.3 Å². The van der Waals surface area contributed by atoms with Gasteiger partial charge in [-0.15, -0.1) is 6.42 Å². The summed E-state index contributed by atoms with van der Waals surface area (Å²) in [7, 11) is 1.66. The number of hydrogen-bond donors (Lipinski definition) is 2. The highest BCUT2D eigenvalue weighted by atomic mass is 16.2. The maximum absolute atomic E-state index is 12.1. The Bertz CT molecular complexity index is 402. The van der Waals surface area contributed by atoms with Gasteiger partial charge in [-0.2, -0.15) is 0 Å². The van der Waals surface area contributed by atoms with Gasteiger partial charge >= 0.3 is 0 Å². The van der Waals surface area contributed by atoms with Gasteiger partial charge in [-0.1, -0.05) is 19.8 Å². The van der Waals surface area contributed by atoms with Gasteiger partial charge in [-0.25, -0.2) is 0 Å². The Kier molecular flexibility index (Phi) is 6.70. The minimum atomic E-state index is -0.530. The van der Waals surface area contributed by atoms with Gasteiger partial charge in [0.25, 0.3) is 0 Å². The van der Waals surface area contributed by atoms with Gasteiger partial charge < -0.3 is 10.6 Å². The Morgan fingerprint density at radius 1 is 1.29 bits per heavy atom. The van der Waals surface area contributed by atoms with Crippen LogP contribution in [0.1, 0.15) is 39.5 Å². The minimum absolute atomic E-state index is 0.0324. The number of carbonyl (C=O) groups is 2. The van der Waals surface area contributed by atoms with Crippen LogP contribution in [0.4, 0.5) is 0 Å². The largest absolute Gasteiger partial charge is 0.359 e. The summed E-state index contributed by atoms with van der Waals surface area (Å²) in [6.07, 6.45) is 8.61. The summed E-state index contributed by atoms with van der Waals surface area (Å²) in [6, 6.07) is 0. The number of piperidine rings is 1. The second-order valence-electron chi connectivity index (χ2n) is 5.65. The summed E-state index contributed by atoms with van der Waals surface area (Å²) in [4.78, 5) is 25.8. The lowest BCUT2D eigenvalue weighted by molar-refractivity contribution is -0.126. The lowest BCUT2D eigenvalue weighted by Crippen LogP contribution is -2.51. The topological polar surface area (TPSA) is 61.4 Å². The quantitative estimate of drug-likeness (QED) is 0.711. The molecule has 0 aromatic rings. The fraction of sp³-hybridized carbons (Fsp3) is 0.750. The van der Waals surface area contributed by atoms with Crippen molar-refractivity contribution in [2.24, 2.45) is 5.92 Å². The first-order chi connectivity index (χ1) is 10.00. The highest BCUT2D eigenvalue weighted by molar-refractivity contribution is 5.80. The van der Waals surface area contributed by atoms with E-state index in [9.17, 15) is 9.59 Å². The molecule has 0 saturated carbocycles. The first kappa shape index (κ1) is 17.5. The molecular formula is C16H27N3O2. The zero-order valence-electron chi connectivity index (χ0n) is 13.4. The third kappa shape index (κ3) is 4.75. The van der Waals surface area contributed by atoms with E-state index < -0.39 is 5.54 Å². The van der Waals surface area contributed by atoms with Crippen LogP contribution < -0.4 is 10.6 Å². The Morgan fingerprint density at radius 3 is 2.29 bits per heavy atom. The molecule has 1 aliphatic heterocycles. The van der Waals surface area contributed by atoms with E-state index in [4.69, 9.17) is 6.42 Å². The van der Waals surface area contributed by atoms with E-state index in [1.165, 1.54) is 0 Å². The van der Waals surface area contributed by atoms with Crippen LogP contribution in [0.3, 0.4) is 0 Å². The van der Waals surface area contributed by atoms with E-state index in [0.29, 0.717) is 6.54 Å². The van der Waals surface area contributed by atoms with Crippen LogP contribution in [-0.2, 0) is 9.59 Å². The molecule has 0 atom stereocenters. The van der Waals surface area contributed by atoms with E-state index in [-0.39, 0.29) is 17.7 Å². The van der Waals surface area contributed by atoms with Gasteiger partial charge in [0.1, 0.15) is 5.54 Å². The lowest BCUT2D eigenvalue weighted by Gasteiger charge is -2.32. The molecule has 0 radical (unpaired) electrons. The number of terminal acetylenes is 1. The van der Waals surface area contributed by atoms with Crippen molar-refractivity contribution >= 4 is 11.8 Å². The third-order valence-electron chi connectivity index (χ3n) is 4.43. The second-order valence-corrected chi connectivity index (χ2v) is 5.65. The highest BCUT2D eigenvalue weighted by Crippen LogP contribution is 2.17. The Balaban J connectivity index is 2.44. The zero-order chi connectivity index (χ0) is 15.9. The van der Waals surface area contributed by atoms with E-state index >= 15 is 0 Å². The first-order valence-corrected chi connectivity index (χ1v) is 7.73. The van der Waals surface area contributed by atoms with E-state index in [0.717, 1.165) is 38.8 Å². The first-order valence-electron chi connectivity index (χ1n) is 7.73. The summed E-state index contributed by atoms with van der Waals surface area (Å²) in [5.41, 5.74) is -0.530. The fourth-order valence-corrected chi connectivity index (χ4v) is 2.73. The molecular weight excluding hydrogens is 266 g/mol. The molecule has 0 aliphatic carbocycles. The molecule has 0 aromatic heterocycles. The monoisotopic (exact) mass is 293 g/mol. The van der Waals surface area contributed by atoms with Crippen LogP contribution in [0.5, 0.6) is 0 Å². The minimum Gasteiger partial charge on any atom is -0.359 e. The smallest absolute Gasteiger partial charge is 0.235 e. The number of nitrogens with one attached hydrogen (secondary N) is 2. The molecule has 0 unspecified atom stereocenters. The van der Waals surface area contributed by atoms with Crippen LogP contribution in [-0.4, -0.2) is 48.9 Å². The van der Waals surface area contributed by atoms with E-state index in [1.807, 2.05) is 13.8 Å². The molecule has 5 heteroatoms. The summed E-state index contributed by atoms with van der Waals surface area (Å²) in [6.45, 7) is 5.86. The SMILES string of the molecule is C#CC(CC)(CC)NC(=O)CN1CCC(C(=O)NC)CC1. The molecule has 0 spiro atoms. The van der Waals surface area contributed by atoms with Crippen molar-refractivity contribution in [3.63, 3.8) is 0 Å². The fourth-order valence-electron chi connectivity index (χ4n) is 2.73. The number of rotatable bonds is 6. The predicted octanol–water partition coefficient (Wildman–Crippen LogP) is 0.753. The maximum atomic E-state index is 12.1. The van der Waals surface area contributed by atoms with E-state index in [1.54, 1.807) is 7.05 Å². The Labute approximate surface area is 127 Å². The normalized spacial score (nSPS) is 17.0. The van der Waals surface area contributed by atoms with Gasteiger partial charge in [0.2, 0.25) is 11.8 Å². The molecule has 2 N–H and O–H groups in total. The molecule has 118 valence electrons. The number of amides is 2. The van der Waals surface area contributed by atoms with Crippen molar-refractivity contribution in [2.45, 2.75) is 45.1 Å². The average Bonchev–Trinajstić information content (AvgIpc) is 2.52. The number of nitrogens with zero attached hydrogens (tertiary/aromatic N) is 1. The molecule has 21 heavy (non-hydrogen) atoms. The van der Waals surface area contributed by atoms with Gasteiger partial charge in [0.05, 0.1) is 6.54 Å². The standard InChI is InChI=1S/C16H27N3O2/c1-5-16(6-2,7-3)18-14(20)12-19-10-8-13(9-11-19)15(21)17-4/h1,13H,6-12H2,2-4H3,(H,17,21)(H,18,20). The van der Waals surface area contributed by atoms with Crippen LogP contribution in [0.25, 0.3) is 0 Å². The average molecular weight is 293 g/mol. The van der Waals surface area contributed by atoms with Crippen LogP contribution in [0.15, 0.2) is 0 Å². The number of carbonyl (C=O) groups excluding carboxylic acids is 2. The van der Waals surface area contributed by atoms with Gasteiger partial charge in [0, 0.05) is 13.0 Å². The number of likely N-dealkylation sites (tertiary alicyclic amines) is 1. The lowest BCUT2D eigenvalue weighted by atomic mass is 9.93. The third-order valence-corrected chi connectivity index (χ3v) is 4.43. The van der Waals surface area contributed by atoms with Crippen molar-refractivity contribution in [1.29, 1.82) is 0 Å². The zero-order valence-corrected chi connectivity index (χ0v) is 13.4. The molecule has 1 saturated heterocycles. The van der Waals surface area contributed by atoms with Gasteiger partial charge in [0.15, 0.2) is 0 Å². The molecule has 1 fully saturated rings. The van der Waals surface area contributed by atoms with Gasteiger partial charge in [-0.05, 0) is 38.8 Å². The van der Waals surface area contributed by atoms with Crippen molar-refractivity contribution in [2.75, 3.05) is 26.7 Å². The molecule has 1 rings (SSSR count). The molecule has 1 aliphatic rings. The molecule has 5 nitrogen and oxygen atoms in total. The molecule has 0 bridgehead atoms. The number of hydrogen-bond acceptors (Lipinski definition) is 3. The Morgan fingerprint density at radius 2 is 1.86 bits per heavy atom. The highest BCUT2D eigenvalue weighted by Gasteiger charge is 2.28. The maximum Gasteiger partial charge on any atom is 0.235 e. The molecule has 1 heterocycles. The van der Waals surface area contributed by atoms with E-state index in [2.05, 4.69) is 21.5 Å². The second kappa shape index (κ2) is 8.04. The van der Waals surface area contributed by atoms with Crippen LogP contribution in [0, 0.1) is 18.3 Å². The summed E-state index contributed by atoms with van der Waals surface area (Å²) in [5.74, 6) is 2.85. The molecule has 0 aromatic carbocycles. The van der Waals surface area contributed by atoms with Crippen molar-refractivity contribution < 1.29 is 9.59 Å². The summed E-state index contributed by atoms with van der Waals surface area (Å²) >= 11 is 0. The summed E-state index contributed by atoms with van der Waals surface area (Å²) < 4.78 is 0. The molecule has 2 amide bonds. The predicted molar refractivity (Wildman–Crippen MR) is 83.5 cm³/mol. The van der Waals surface area contributed by atoms with Gasteiger partial charge in [-0.3, -0.25) is 14.5 Å². The summed E-state index contributed by atoms with van der Waals surface area (Å²) in [5, 5.41) is 5.66. The Hall–Kier alpha value is -1.54. The van der Waals surface area contributed by atoms with Crippen LogP contribution >= 0.6 is 0 Å². The van der Waals surface area contributed by atoms with Crippen molar-refractivity contribution in [1.82, 2.24) is 15.5 Å².